The van der Waals surface area contributed by atoms with Crippen LogP contribution in [0.4, 0.5) is 0 Å². The van der Waals surface area contributed by atoms with Crippen molar-refractivity contribution in [2.24, 2.45) is 5.92 Å². The van der Waals surface area contributed by atoms with Crippen LogP contribution >= 0.6 is 11.6 Å². The molecule has 0 bridgehead atoms. The van der Waals surface area contributed by atoms with E-state index in [-0.39, 0.29) is 11.9 Å². The predicted octanol–water partition coefficient (Wildman–Crippen LogP) is 7.44. The first-order chi connectivity index (χ1) is 18.1. The lowest BCUT2D eigenvalue weighted by Gasteiger charge is -2.34. The van der Waals surface area contributed by atoms with Crippen LogP contribution in [-0.2, 0) is 11.3 Å². The number of carbonyl (C=O) groups excluding carboxylic acids is 1. The minimum Gasteiger partial charge on any atom is -0.493 e. The van der Waals surface area contributed by atoms with Gasteiger partial charge in [0.05, 0.1) is 19.3 Å². The van der Waals surface area contributed by atoms with Crippen LogP contribution in [0.3, 0.4) is 0 Å². The van der Waals surface area contributed by atoms with Gasteiger partial charge in [0, 0.05) is 22.7 Å². The van der Waals surface area contributed by atoms with Crippen LogP contribution in [0.5, 0.6) is 5.75 Å². The lowest BCUT2D eigenvalue weighted by molar-refractivity contribution is 0.000705. The molecule has 0 aromatic heterocycles. The van der Waals surface area contributed by atoms with Gasteiger partial charge in [0.15, 0.2) is 5.78 Å². The van der Waals surface area contributed by atoms with Crippen molar-refractivity contribution in [2.75, 3.05) is 26.2 Å². The number of carbonyl (C=O) groups is 1. The summed E-state index contributed by atoms with van der Waals surface area (Å²) < 4.78 is 12.5. The van der Waals surface area contributed by atoms with Crippen LogP contribution in [-0.4, -0.2) is 43.0 Å². The number of rotatable bonds is 13. The summed E-state index contributed by atoms with van der Waals surface area (Å²) in [7, 11) is 0. The van der Waals surface area contributed by atoms with Crippen molar-refractivity contribution in [1.29, 1.82) is 0 Å². The molecule has 0 aliphatic carbocycles. The highest BCUT2D eigenvalue weighted by atomic mass is 35.5. The van der Waals surface area contributed by atoms with E-state index in [4.69, 9.17) is 21.1 Å². The fraction of sp³-hybridized carbons (Fsp3) is 0.406. The van der Waals surface area contributed by atoms with E-state index in [0.29, 0.717) is 35.3 Å². The third-order valence-corrected chi connectivity index (χ3v) is 7.32. The van der Waals surface area contributed by atoms with Gasteiger partial charge < -0.3 is 14.4 Å². The number of piperidine rings is 1. The van der Waals surface area contributed by atoms with Gasteiger partial charge in [0.1, 0.15) is 5.75 Å². The second-order valence-corrected chi connectivity index (χ2v) is 10.4. The van der Waals surface area contributed by atoms with Crippen molar-refractivity contribution in [3.63, 3.8) is 0 Å². The lowest BCUT2D eigenvalue weighted by atomic mass is 9.97. The molecule has 3 aromatic rings. The fourth-order valence-electron chi connectivity index (χ4n) is 4.78. The van der Waals surface area contributed by atoms with Gasteiger partial charge in [-0.15, -0.1) is 0 Å². The van der Waals surface area contributed by atoms with Crippen molar-refractivity contribution in [3.05, 3.63) is 101 Å². The first-order valence-electron chi connectivity index (χ1n) is 13.5. The molecule has 4 nitrogen and oxygen atoms in total. The number of nitrogens with zero attached hydrogens (tertiary/aromatic N) is 1. The van der Waals surface area contributed by atoms with Crippen LogP contribution < -0.4 is 4.74 Å². The summed E-state index contributed by atoms with van der Waals surface area (Å²) in [4.78, 5) is 15.4. The maximum Gasteiger partial charge on any atom is 0.193 e. The summed E-state index contributed by atoms with van der Waals surface area (Å²) >= 11 is 5.95. The SMILES string of the molecule is CCCC[C@H](CN1CCC(COc2cccc(C(=O)c3ccc(Cl)cc3)c2)CC1)OCc1ccccc1. The van der Waals surface area contributed by atoms with E-state index in [1.807, 2.05) is 30.3 Å². The molecular weight excluding hydrogens is 482 g/mol. The van der Waals surface area contributed by atoms with Gasteiger partial charge in [-0.05, 0) is 80.2 Å². The highest BCUT2D eigenvalue weighted by molar-refractivity contribution is 6.30. The van der Waals surface area contributed by atoms with E-state index in [1.165, 1.54) is 18.4 Å². The Morgan fingerprint density at radius 1 is 0.973 bits per heavy atom. The smallest absolute Gasteiger partial charge is 0.193 e. The number of hydrogen-bond acceptors (Lipinski definition) is 4. The van der Waals surface area contributed by atoms with E-state index >= 15 is 0 Å². The summed E-state index contributed by atoms with van der Waals surface area (Å²) in [5.41, 5.74) is 2.49. The molecule has 4 rings (SSSR count). The Bertz CT molecular complexity index is 1090. The van der Waals surface area contributed by atoms with Crippen LogP contribution in [0, 0.1) is 5.92 Å². The van der Waals surface area contributed by atoms with Crippen molar-refractivity contribution in [2.45, 2.75) is 51.7 Å². The molecule has 0 N–H and O–H groups in total. The molecule has 37 heavy (non-hydrogen) atoms. The maximum absolute atomic E-state index is 12.8. The second kappa shape index (κ2) is 14.3. The number of halogens is 1. The summed E-state index contributed by atoms with van der Waals surface area (Å²) in [6.45, 7) is 6.73. The molecule has 196 valence electrons. The minimum absolute atomic E-state index is 0.0254. The maximum atomic E-state index is 12.8. The highest BCUT2D eigenvalue weighted by Crippen LogP contribution is 2.23. The second-order valence-electron chi connectivity index (χ2n) is 9.98. The highest BCUT2D eigenvalue weighted by Gasteiger charge is 2.23. The van der Waals surface area contributed by atoms with Crippen LogP contribution in [0.2, 0.25) is 5.02 Å². The first kappa shape index (κ1) is 27.4. The number of hydrogen-bond donors (Lipinski definition) is 0. The van der Waals surface area contributed by atoms with Gasteiger partial charge >= 0.3 is 0 Å². The molecule has 5 heteroatoms. The van der Waals surface area contributed by atoms with E-state index in [0.717, 1.165) is 44.6 Å². The number of benzene rings is 3. The molecule has 0 spiro atoms. The normalized spacial score (nSPS) is 15.4. The zero-order valence-electron chi connectivity index (χ0n) is 21.8. The molecule has 1 heterocycles. The quantitative estimate of drug-likeness (QED) is 0.220. The Hall–Kier alpha value is -2.66. The predicted molar refractivity (Wildman–Crippen MR) is 151 cm³/mol. The molecule has 1 atom stereocenters. The van der Waals surface area contributed by atoms with Crippen molar-refractivity contribution in [1.82, 2.24) is 4.90 Å². The third-order valence-electron chi connectivity index (χ3n) is 7.07. The van der Waals surface area contributed by atoms with Gasteiger partial charge in [-0.2, -0.15) is 0 Å². The lowest BCUT2D eigenvalue weighted by Crippen LogP contribution is -2.40. The number of likely N-dealkylation sites (tertiary alicyclic amines) is 1. The van der Waals surface area contributed by atoms with Gasteiger partial charge in [-0.25, -0.2) is 0 Å². The van der Waals surface area contributed by atoms with E-state index in [9.17, 15) is 4.79 Å². The minimum atomic E-state index is -0.0254. The Labute approximate surface area is 226 Å². The zero-order chi connectivity index (χ0) is 25.9. The van der Waals surface area contributed by atoms with Gasteiger partial charge in [-0.1, -0.05) is 73.8 Å². The third kappa shape index (κ3) is 8.70. The Morgan fingerprint density at radius 3 is 2.46 bits per heavy atom. The van der Waals surface area contributed by atoms with Crippen molar-refractivity contribution < 1.29 is 14.3 Å². The molecule has 1 saturated heterocycles. The molecule has 1 aliphatic heterocycles. The monoisotopic (exact) mass is 519 g/mol. The molecule has 0 amide bonds. The van der Waals surface area contributed by atoms with Gasteiger partial charge in [0.25, 0.3) is 0 Å². The van der Waals surface area contributed by atoms with Crippen LogP contribution in [0.15, 0.2) is 78.9 Å². The largest absolute Gasteiger partial charge is 0.493 e. The van der Waals surface area contributed by atoms with Crippen molar-refractivity contribution >= 4 is 17.4 Å². The molecular formula is C32H38ClNO3. The van der Waals surface area contributed by atoms with Crippen LogP contribution in [0.25, 0.3) is 0 Å². The topological polar surface area (TPSA) is 38.8 Å². The molecule has 1 aliphatic rings. The van der Waals surface area contributed by atoms with Crippen molar-refractivity contribution in [3.8, 4) is 5.75 Å². The molecule has 0 unspecified atom stereocenters. The Morgan fingerprint density at radius 2 is 1.73 bits per heavy atom. The van der Waals surface area contributed by atoms with E-state index in [2.05, 4.69) is 36.1 Å². The number of ketones is 1. The van der Waals surface area contributed by atoms with E-state index < -0.39 is 0 Å². The first-order valence-corrected chi connectivity index (χ1v) is 13.9. The Balaban J connectivity index is 1.22. The average Bonchev–Trinajstić information content (AvgIpc) is 2.95. The summed E-state index contributed by atoms with van der Waals surface area (Å²) in [5.74, 6) is 1.24. The Kier molecular flexibility index (Phi) is 10.6. The average molecular weight is 520 g/mol. The number of ether oxygens (including phenoxy) is 2. The molecule has 0 saturated carbocycles. The summed E-state index contributed by atoms with van der Waals surface area (Å²) in [5, 5.41) is 0.621. The standard InChI is InChI=1S/C32H38ClNO3/c1-2-3-11-31(37-23-25-8-5-4-6-9-25)22-34-19-17-26(18-20-34)24-36-30-12-7-10-28(21-30)32(35)27-13-15-29(33)16-14-27/h4-10,12-16,21,26,31H,2-3,11,17-20,22-24H2,1H3/t31-/m1/s1. The van der Waals surface area contributed by atoms with Gasteiger partial charge in [-0.3, -0.25) is 4.79 Å². The van der Waals surface area contributed by atoms with E-state index in [1.54, 1.807) is 24.3 Å². The van der Waals surface area contributed by atoms with Crippen LogP contribution in [0.1, 0.15) is 60.5 Å². The number of unbranched alkanes of at least 4 members (excludes halogenated alkanes) is 1. The molecule has 3 aromatic carbocycles. The molecule has 0 radical (unpaired) electrons. The van der Waals surface area contributed by atoms with Gasteiger partial charge in [0.2, 0.25) is 0 Å². The fourth-order valence-corrected chi connectivity index (χ4v) is 4.91. The summed E-state index contributed by atoms with van der Waals surface area (Å²) in [6, 6.07) is 24.9. The molecule has 1 fully saturated rings. The summed E-state index contributed by atoms with van der Waals surface area (Å²) in [6.07, 6.45) is 6.00. The zero-order valence-corrected chi connectivity index (χ0v) is 22.5.